The maximum absolute atomic E-state index is 13.1. The molecule has 37 heavy (non-hydrogen) atoms. The van der Waals surface area contributed by atoms with E-state index >= 15 is 0 Å². The first-order valence-electron chi connectivity index (χ1n) is 11.5. The van der Waals surface area contributed by atoms with E-state index in [2.05, 4.69) is 46.9 Å². The highest BCUT2D eigenvalue weighted by atomic mass is 127. The molecule has 4 aromatic rings. The molecule has 1 fully saturated rings. The minimum Gasteiger partial charge on any atom is -0.490 e. The molecule has 1 aliphatic rings. The van der Waals surface area contributed by atoms with E-state index in [1.807, 2.05) is 37.3 Å². The van der Waals surface area contributed by atoms with E-state index in [0.717, 1.165) is 42.1 Å². The van der Waals surface area contributed by atoms with Crippen LogP contribution in [0.2, 0.25) is 5.02 Å². The number of nitrogens with zero attached hydrogens (tertiary/aromatic N) is 1. The van der Waals surface area contributed by atoms with E-state index in [4.69, 9.17) is 21.1 Å². The SMILES string of the molecule is CCOc1cc(/C=C2\SC(=O)N(c3ccccc3Cl)C2=O)cc(I)c1OCc1cccc2ccccc12. The number of amides is 2. The molecule has 0 aliphatic carbocycles. The smallest absolute Gasteiger partial charge is 0.298 e. The van der Waals surface area contributed by atoms with Gasteiger partial charge in [0.05, 0.1) is 25.8 Å². The van der Waals surface area contributed by atoms with Crippen molar-refractivity contribution in [2.45, 2.75) is 13.5 Å². The fourth-order valence-corrected chi connectivity index (χ4v) is 5.94. The van der Waals surface area contributed by atoms with Gasteiger partial charge in [-0.2, -0.15) is 0 Å². The molecule has 0 atom stereocenters. The van der Waals surface area contributed by atoms with Gasteiger partial charge in [0.25, 0.3) is 11.1 Å². The molecule has 5 rings (SSSR count). The summed E-state index contributed by atoms with van der Waals surface area (Å²) in [5, 5.41) is 2.25. The fourth-order valence-electron chi connectivity index (χ4n) is 4.10. The van der Waals surface area contributed by atoms with Crippen molar-refractivity contribution in [2.24, 2.45) is 0 Å². The second kappa shape index (κ2) is 11.2. The van der Waals surface area contributed by atoms with Crippen molar-refractivity contribution in [2.75, 3.05) is 11.5 Å². The van der Waals surface area contributed by atoms with Gasteiger partial charge in [0, 0.05) is 0 Å². The summed E-state index contributed by atoms with van der Waals surface area (Å²) in [6.45, 7) is 2.74. The number of carbonyl (C=O) groups excluding carboxylic acids is 2. The Hall–Kier alpha value is -3.01. The van der Waals surface area contributed by atoms with E-state index in [1.54, 1.807) is 30.3 Å². The molecule has 4 aromatic carbocycles. The summed E-state index contributed by atoms with van der Waals surface area (Å²) in [6.07, 6.45) is 1.70. The molecule has 0 radical (unpaired) electrons. The minimum atomic E-state index is -0.410. The highest BCUT2D eigenvalue weighted by Gasteiger charge is 2.37. The summed E-state index contributed by atoms with van der Waals surface area (Å²) in [4.78, 5) is 27.2. The van der Waals surface area contributed by atoms with Crippen molar-refractivity contribution in [1.29, 1.82) is 0 Å². The average molecular weight is 642 g/mol. The third-order valence-electron chi connectivity index (χ3n) is 5.77. The lowest BCUT2D eigenvalue weighted by Crippen LogP contribution is -2.27. The van der Waals surface area contributed by atoms with Crippen LogP contribution >= 0.6 is 46.0 Å². The lowest BCUT2D eigenvalue weighted by molar-refractivity contribution is -0.113. The molecule has 5 nitrogen and oxygen atoms in total. The van der Waals surface area contributed by atoms with Gasteiger partial charge in [0.15, 0.2) is 11.5 Å². The average Bonchev–Trinajstić information content (AvgIpc) is 3.16. The third-order valence-corrected chi connectivity index (χ3v) is 7.76. The molecule has 2 amide bonds. The number of ether oxygens (including phenoxy) is 2. The topological polar surface area (TPSA) is 55.8 Å². The number of benzene rings is 4. The normalized spacial score (nSPS) is 14.6. The molecular formula is C29H21ClINO4S. The van der Waals surface area contributed by atoms with Crippen LogP contribution in [0.25, 0.3) is 16.8 Å². The van der Waals surface area contributed by atoms with Gasteiger partial charge in [0.2, 0.25) is 0 Å². The van der Waals surface area contributed by atoms with Crippen molar-refractivity contribution in [3.8, 4) is 11.5 Å². The quantitative estimate of drug-likeness (QED) is 0.150. The first-order valence-corrected chi connectivity index (χ1v) is 13.8. The second-order valence-electron chi connectivity index (χ2n) is 8.16. The van der Waals surface area contributed by atoms with Crippen LogP contribution < -0.4 is 14.4 Å². The molecule has 8 heteroatoms. The molecule has 0 saturated carbocycles. The van der Waals surface area contributed by atoms with Crippen molar-refractivity contribution in [3.05, 3.63) is 103 Å². The lowest BCUT2D eigenvalue weighted by Gasteiger charge is -2.16. The Labute approximate surface area is 237 Å². The van der Waals surface area contributed by atoms with E-state index in [1.165, 1.54) is 0 Å². The number of anilines is 1. The monoisotopic (exact) mass is 641 g/mol. The predicted molar refractivity (Wildman–Crippen MR) is 159 cm³/mol. The Morgan fingerprint density at radius 1 is 0.973 bits per heavy atom. The zero-order valence-corrected chi connectivity index (χ0v) is 23.5. The zero-order chi connectivity index (χ0) is 25.9. The van der Waals surface area contributed by atoms with Gasteiger partial charge >= 0.3 is 0 Å². The Morgan fingerprint density at radius 3 is 2.54 bits per heavy atom. The van der Waals surface area contributed by atoms with Crippen LogP contribution in [-0.2, 0) is 11.4 Å². The molecule has 0 bridgehead atoms. The van der Waals surface area contributed by atoms with Crippen molar-refractivity contribution >= 4 is 79.6 Å². The number of halogens is 2. The lowest BCUT2D eigenvalue weighted by atomic mass is 10.1. The summed E-state index contributed by atoms with van der Waals surface area (Å²) in [7, 11) is 0. The Morgan fingerprint density at radius 2 is 1.73 bits per heavy atom. The number of imide groups is 1. The van der Waals surface area contributed by atoms with Crippen LogP contribution in [0.4, 0.5) is 10.5 Å². The molecule has 186 valence electrons. The molecule has 1 heterocycles. The minimum absolute atomic E-state index is 0.313. The Bertz CT molecular complexity index is 1550. The Kier molecular flexibility index (Phi) is 7.73. The molecule has 1 saturated heterocycles. The molecule has 1 aliphatic heterocycles. The van der Waals surface area contributed by atoms with Gasteiger partial charge in [-0.15, -0.1) is 0 Å². The van der Waals surface area contributed by atoms with Crippen LogP contribution in [0.5, 0.6) is 11.5 Å². The number of rotatable bonds is 7. The van der Waals surface area contributed by atoms with Crippen LogP contribution in [0.1, 0.15) is 18.1 Å². The summed E-state index contributed by atoms with van der Waals surface area (Å²) < 4.78 is 13.0. The van der Waals surface area contributed by atoms with E-state index < -0.39 is 5.91 Å². The summed E-state index contributed by atoms with van der Waals surface area (Å²) in [5.41, 5.74) is 2.18. The molecule has 0 N–H and O–H groups in total. The zero-order valence-electron chi connectivity index (χ0n) is 19.7. The molecule has 0 aromatic heterocycles. The van der Waals surface area contributed by atoms with Gasteiger partial charge in [-0.3, -0.25) is 9.59 Å². The molecular weight excluding hydrogens is 621 g/mol. The summed E-state index contributed by atoms with van der Waals surface area (Å²) >= 11 is 9.32. The van der Waals surface area contributed by atoms with Gasteiger partial charge in [-0.05, 0) is 93.5 Å². The summed E-state index contributed by atoms with van der Waals surface area (Å²) in [6, 6.07) is 24.9. The first-order chi connectivity index (χ1) is 18.0. The number of fused-ring (bicyclic) bond motifs is 1. The second-order valence-corrected chi connectivity index (χ2v) is 10.7. The molecule has 0 spiro atoms. The third kappa shape index (κ3) is 5.35. The van der Waals surface area contributed by atoms with Crippen LogP contribution in [0, 0.1) is 3.57 Å². The van der Waals surface area contributed by atoms with Gasteiger partial charge in [0.1, 0.15) is 6.61 Å². The van der Waals surface area contributed by atoms with Crippen molar-refractivity contribution < 1.29 is 19.1 Å². The Balaban J connectivity index is 1.43. The number of carbonyl (C=O) groups is 2. The predicted octanol–water partition coefficient (Wildman–Crippen LogP) is 8.32. The fraction of sp³-hybridized carbons (Fsp3) is 0.103. The largest absolute Gasteiger partial charge is 0.490 e. The van der Waals surface area contributed by atoms with Crippen molar-refractivity contribution in [1.82, 2.24) is 0 Å². The summed E-state index contributed by atoms with van der Waals surface area (Å²) in [5.74, 6) is 0.801. The number of thioether (sulfide) groups is 1. The van der Waals surface area contributed by atoms with Crippen LogP contribution in [0.15, 0.2) is 83.8 Å². The van der Waals surface area contributed by atoms with Crippen LogP contribution in [-0.4, -0.2) is 17.8 Å². The maximum atomic E-state index is 13.1. The van der Waals surface area contributed by atoms with Gasteiger partial charge in [-0.1, -0.05) is 66.2 Å². The number of hydrogen-bond donors (Lipinski definition) is 0. The number of para-hydroxylation sites is 1. The van der Waals surface area contributed by atoms with E-state index in [-0.39, 0.29) is 5.24 Å². The van der Waals surface area contributed by atoms with E-state index in [0.29, 0.717) is 40.3 Å². The van der Waals surface area contributed by atoms with Gasteiger partial charge in [-0.25, -0.2) is 4.90 Å². The van der Waals surface area contributed by atoms with Crippen molar-refractivity contribution in [3.63, 3.8) is 0 Å². The first kappa shape index (κ1) is 25.6. The van der Waals surface area contributed by atoms with Gasteiger partial charge < -0.3 is 9.47 Å². The highest BCUT2D eigenvalue weighted by molar-refractivity contribution is 14.1. The maximum Gasteiger partial charge on any atom is 0.298 e. The molecule has 0 unspecified atom stereocenters. The number of hydrogen-bond acceptors (Lipinski definition) is 5. The van der Waals surface area contributed by atoms with E-state index in [9.17, 15) is 9.59 Å². The highest BCUT2D eigenvalue weighted by Crippen LogP contribution is 2.40. The standard InChI is InChI=1S/C29H21ClINO4S/c1-2-35-25-15-18(16-26-28(33)32(29(34)37-26)24-13-6-5-12-22(24)30)14-23(31)27(25)36-17-20-10-7-9-19-8-3-4-11-21(19)20/h3-16H,2,17H2,1H3/b26-16-. The van der Waals surface area contributed by atoms with Crippen LogP contribution in [0.3, 0.4) is 0 Å².